The minimum absolute atomic E-state index is 0.0634. The van der Waals surface area contributed by atoms with Gasteiger partial charge < -0.3 is 19.5 Å². The van der Waals surface area contributed by atoms with Gasteiger partial charge in [0.1, 0.15) is 11.5 Å². The number of nitrogens with zero attached hydrogens (tertiary/aromatic N) is 3. The number of rotatable bonds is 10. The van der Waals surface area contributed by atoms with E-state index in [0.717, 1.165) is 5.69 Å². The number of para-hydroxylation sites is 2. The van der Waals surface area contributed by atoms with E-state index in [-0.39, 0.29) is 17.4 Å². The van der Waals surface area contributed by atoms with Crippen molar-refractivity contribution in [3.05, 3.63) is 84.4 Å². The molecular formula is C26H25FN4O4S. The molecule has 0 saturated heterocycles. The molecule has 4 rings (SSSR count). The van der Waals surface area contributed by atoms with Gasteiger partial charge in [-0.1, -0.05) is 42.1 Å². The maximum Gasteiger partial charge on any atom is 0.234 e. The molecule has 0 spiro atoms. The highest BCUT2D eigenvalue weighted by molar-refractivity contribution is 7.99. The van der Waals surface area contributed by atoms with E-state index in [4.69, 9.17) is 14.2 Å². The number of thioether (sulfide) groups is 1. The summed E-state index contributed by atoms with van der Waals surface area (Å²) in [6.07, 6.45) is -0.612. The molecule has 0 saturated carbocycles. The molecule has 0 aliphatic rings. The number of hydrogen-bond donors (Lipinski definition) is 1. The summed E-state index contributed by atoms with van der Waals surface area (Å²) in [5.74, 6) is 1.04. The normalized spacial score (nSPS) is 11.6. The molecule has 1 heterocycles. The molecule has 1 atom stereocenters. The molecule has 1 amide bonds. The van der Waals surface area contributed by atoms with E-state index in [1.54, 1.807) is 55.0 Å². The molecule has 0 fully saturated rings. The number of halogens is 1. The van der Waals surface area contributed by atoms with Crippen molar-refractivity contribution in [1.29, 1.82) is 0 Å². The molecule has 0 radical (unpaired) electrons. The zero-order chi connectivity index (χ0) is 25.5. The van der Waals surface area contributed by atoms with Crippen molar-refractivity contribution in [2.75, 3.05) is 25.3 Å². The number of aromatic nitrogens is 3. The second-order valence-electron chi connectivity index (χ2n) is 7.61. The second-order valence-corrected chi connectivity index (χ2v) is 8.55. The van der Waals surface area contributed by atoms with Crippen molar-refractivity contribution in [3.8, 4) is 22.9 Å². The second kappa shape index (κ2) is 11.6. The van der Waals surface area contributed by atoms with Crippen LogP contribution in [0.5, 0.6) is 17.2 Å². The predicted octanol–water partition coefficient (Wildman–Crippen LogP) is 5.29. The van der Waals surface area contributed by atoms with Crippen LogP contribution in [0.1, 0.15) is 18.9 Å². The van der Waals surface area contributed by atoms with Crippen LogP contribution in [-0.4, -0.2) is 40.6 Å². The Hall–Kier alpha value is -4.05. The van der Waals surface area contributed by atoms with Gasteiger partial charge in [0.05, 0.1) is 25.7 Å². The molecule has 10 heteroatoms. The third-order valence-corrected chi connectivity index (χ3v) is 6.12. The van der Waals surface area contributed by atoms with Crippen LogP contribution in [0.15, 0.2) is 78.0 Å². The van der Waals surface area contributed by atoms with E-state index < -0.39 is 11.9 Å². The van der Waals surface area contributed by atoms with Crippen LogP contribution in [0.3, 0.4) is 0 Å². The standard InChI is InChI=1S/C26H25FN4O4S/c1-17(35-22-12-8-7-11-20(22)27)25-29-30-26(31(25)18-9-5-4-6-10-18)36-16-24(32)28-21-15-19(33-2)13-14-23(21)34-3/h4-15,17H,16H2,1-3H3,(H,28,32). The van der Waals surface area contributed by atoms with Crippen LogP contribution in [0.4, 0.5) is 10.1 Å². The Kier molecular flexibility index (Phi) is 8.06. The highest BCUT2D eigenvalue weighted by atomic mass is 32.2. The molecule has 1 aromatic heterocycles. The Balaban J connectivity index is 1.55. The monoisotopic (exact) mass is 508 g/mol. The number of hydrogen-bond acceptors (Lipinski definition) is 7. The van der Waals surface area contributed by atoms with Gasteiger partial charge in [0, 0.05) is 11.8 Å². The highest BCUT2D eigenvalue weighted by Crippen LogP contribution is 2.31. The van der Waals surface area contributed by atoms with Gasteiger partial charge in [0.15, 0.2) is 28.7 Å². The van der Waals surface area contributed by atoms with E-state index in [1.165, 1.54) is 24.9 Å². The molecule has 0 aliphatic carbocycles. The number of methoxy groups -OCH3 is 2. The number of carbonyl (C=O) groups is 1. The van der Waals surface area contributed by atoms with E-state index in [9.17, 15) is 9.18 Å². The zero-order valence-electron chi connectivity index (χ0n) is 20.0. The SMILES string of the molecule is COc1ccc(OC)c(NC(=O)CSc2nnc(C(C)Oc3ccccc3F)n2-c2ccccc2)c1. The fraction of sp³-hybridized carbons (Fsp3) is 0.192. The Morgan fingerprint density at radius 1 is 1.00 bits per heavy atom. The average Bonchev–Trinajstić information content (AvgIpc) is 3.33. The summed E-state index contributed by atoms with van der Waals surface area (Å²) >= 11 is 1.22. The first kappa shape index (κ1) is 25.1. The van der Waals surface area contributed by atoms with Crippen molar-refractivity contribution in [2.45, 2.75) is 18.2 Å². The summed E-state index contributed by atoms with van der Waals surface area (Å²) in [4.78, 5) is 12.8. The van der Waals surface area contributed by atoms with Crippen LogP contribution in [-0.2, 0) is 4.79 Å². The quantitative estimate of drug-likeness (QED) is 0.291. The molecule has 1 unspecified atom stereocenters. The predicted molar refractivity (Wildman–Crippen MR) is 136 cm³/mol. The lowest BCUT2D eigenvalue weighted by Crippen LogP contribution is -2.16. The fourth-order valence-electron chi connectivity index (χ4n) is 3.47. The van der Waals surface area contributed by atoms with Gasteiger partial charge in [-0.25, -0.2) is 4.39 Å². The Bertz CT molecular complexity index is 1330. The Morgan fingerprint density at radius 2 is 1.75 bits per heavy atom. The van der Waals surface area contributed by atoms with Crippen LogP contribution in [0.25, 0.3) is 5.69 Å². The molecule has 186 valence electrons. The third-order valence-electron chi connectivity index (χ3n) is 5.19. The number of amides is 1. The van der Waals surface area contributed by atoms with Gasteiger partial charge >= 0.3 is 0 Å². The lowest BCUT2D eigenvalue weighted by molar-refractivity contribution is -0.113. The van der Waals surface area contributed by atoms with Crippen LogP contribution in [0.2, 0.25) is 0 Å². The fourth-order valence-corrected chi connectivity index (χ4v) is 4.23. The van der Waals surface area contributed by atoms with Crippen molar-refractivity contribution in [3.63, 3.8) is 0 Å². The van der Waals surface area contributed by atoms with Gasteiger partial charge in [-0.15, -0.1) is 10.2 Å². The van der Waals surface area contributed by atoms with E-state index in [0.29, 0.717) is 28.2 Å². The maximum atomic E-state index is 14.2. The topological polar surface area (TPSA) is 87.5 Å². The first-order valence-electron chi connectivity index (χ1n) is 11.1. The first-order valence-corrected chi connectivity index (χ1v) is 12.0. The summed E-state index contributed by atoms with van der Waals surface area (Å²) in [5, 5.41) is 11.9. The molecule has 4 aromatic rings. The molecule has 0 bridgehead atoms. The molecular weight excluding hydrogens is 483 g/mol. The van der Waals surface area contributed by atoms with Crippen molar-refractivity contribution >= 4 is 23.4 Å². The van der Waals surface area contributed by atoms with Crippen molar-refractivity contribution in [1.82, 2.24) is 14.8 Å². The van der Waals surface area contributed by atoms with E-state index in [1.807, 2.05) is 30.3 Å². The van der Waals surface area contributed by atoms with Crippen LogP contribution in [0, 0.1) is 5.82 Å². The van der Waals surface area contributed by atoms with Crippen LogP contribution >= 0.6 is 11.8 Å². The lowest BCUT2D eigenvalue weighted by atomic mass is 10.2. The van der Waals surface area contributed by atoms with Gasteiger partial charge in [-0.3, -0.25) is 9.36 Å². The van der Waals surface area contributed by atoms with E-state index >= 15 is 0 Å². The molecule has 0 aliphatic heterocycles. The average molecular weight is 509 g/mol. The summed E-state index contributed by atoms with van der Waals surface area (Å²) in [6.45, 7) is 1.77. The number of anilines is 1. The zero-order valence-corrected chi connectivity index (χ0v) is 20.8. The minimum atomic E-state index is -0.612. The van der Waals surface area contributed by atoms with Gasteiger partial charge in [0.2, 0.25) is 5.91 Å². The highest BCUT2D eigenvalue weighted by Gasteiger charge is 2.22. The van der Waals surface area contributed by atoms with Gasteiger partial charge in [0.25, 0.3) is 0 Å². The van der Waals surface area contributed by atoms with Crippen LogP contribution < -0.4 is 19.5 Å². The number of benzene rings is 3. The van der Waals surface area contributed by atoms with Gasteiger partial charge in [-0.05, 0) is 43.3 Å². The minimum Gasteiger partial charge on any atom is -0.497 e. The Labute approximate surface area is 212 Å². The molecule has 8 nitrogen and oxygen atoms in total. The Morgan fingerprint density at radius 3 is 2.47 bits per heavy atom. The lowest BCUT2D eigenvalue weighted by Gasteiger charge is -2.17. The maximum absolute atomic E-state index is 14.2. The summed E-state index contributed by atoms with van der Waals surface area (Å²) in [5.41, 5.74) is 1.29. The molecule has 36 heavy (non-hydrogen) atoms. The first-order chi connectivity index (χ1) is 17.5. The molecule has 1 N–H and O–H groups in total. The molecule has 3 aromatic carbocycles. The van der Waals surface area contributed by atoms with Crippen molar-refractivity contribution < 1.29 is 23.4 Å². The smallest absolute Gasteiger partial charge is 0.234 e. The third kappa shape index (κ3) is 5.77. The largest absolute Gasteiger partial charge is 0.497 e. The number of carbonyl (C=O) groups excluding carboxylic acids is 1. The summed E-state index contributed by atoms with van der Waals surface area (Å²) in [7, 11) is 3.08. The van der Waals surface area contributed by atoms with E-state index in [2.05, 4.69) is 15.5 Å². The summed E-state index contributed by atoms with van der Waals surface area (Å²) < 4.78 is 32.4. The van der Waals surface area contributed by atoms with Gasteiger partial charge in [-0.2, -0.15) is 0 Å². The number of ether oxygens (including phenoxy) is 3. The van der Waals surface area contributed by atoms with Crippen molar-refractivity contribution in [2.24, 2.45) is 0 Å². The number of nitrogens with one attached hydrogen (secondary N) is 1. The summed E-state index contributed by atoms with van der Waals surface area (Å²) in [6, 6.07) is 20.8.